The number of rotatable bonds is 6. The van der Waals surface area contributed by atoms with E-state index < -0.39 is 0 Å². The molecule has 128 valence electrons. The summed E-state index contributed by atoms with van der Waals surface area (Å²) in [5, 5.41) is 5.65. The first-order valence-electron chi connectivity index (χ1n) is 8.39. The van der Waals surface area contributed by atoms with Gasteiger partial charge in [-0.15, -0.1) is 11.6 Å². The second kappa shape index (κ2) is 7.34. The molecular weight excluding hydrogens is 328 g/mol. The molecule has 2 unspecified atom stereocenters. The highest BCUT2D eigenvalue weighted by Crippen LogP contribution is 2.35. The van der Waals surface area contributed by atoms with Crippen LogP contribution in [0.3, 0.4) is 0 Å². The first-order valence-corrected chi connectivity index (χ1v) is 8.93. The van der Waals surface area contributed by atoms with Crippen molar-refractivity contribution >= 4 is 34.9 Å². The molecule has 0 spiro atoms. The van der Waals surface area contributed by atoms with Crippen LogP contribution in [0.1, 0.15) is 41.6 Å². The standard InChI is InChI=1S/C18H21ClN2O3/c19-8-9-20-15-3-1-2-13-14(15)10-12(17(13)23)5-4-11-6-7-16(22)21-18(11)24/h1-3,11-12,20H,4-10H2,(H,21,22,24). The van der Waals surface area contributed by atoms with Crippen LogP contribution in [0.5, 0.6) is 0 Å². The van der Waals surface area contributed by atoms with E-state index in [-0.39, 0.29) is 29.4 Å². The van der Waals surface area contributed by atoms with Gasteiger partial charge in [0.2, 0.25) is 11.8 Å². The van der Waals surface area contributed by atoms with Crippen LogP contribution in [0.15, 0.2) is 18.2 Å². The van der Waals surface area contributed by atoms with Crippen molar-refractivity contribution in [1.82, 2.24) is 5.32 Å². The first kappa shape index (κ1) is 17.0. The largest absolute Gasteiger partial charge is 0.384 e. The van der Waals surface area contributed by atoms with Gasteiger partial charge in [-0.3, -0.25) is 19.7 Å². The van der Waals surface area contributed by atoms with Crippen molar-refractivity contribution in [2.75, 3.05) is 17.7 Å². The lowest BCUT2D eigenvalue weighted by atomic mass is 9.88. The highest BCUT2D eigenvalue weighted by atomic mass is 35.5. The zero-order valence-corrected chi connectivity index (χ0v) is 14.2. The number of carbonyl (C=O) groups is 3. The quantitative estimate of drug-likeness (QED) is 0.612. The maximum atomic E-state index is 12.6. The van der Waals surface area contributed by atoms with Gasteiger partial charge in [-0.25, -0.2) is 0 Å². The topological polar surface area (TPSA) is 75.3 Å². The summed E-state index contributed by atoms with van der Waals surface area (Å²) in [5.41, 5.74) is 2.81. The summed E-state index contributed by atoms with van der Waals surface area (Å²) in [5.74, 6) is 0.0369. The molecule has 1 aliphatic carbocycles. The number of Topliss-reactive ketones (excluding diaryl/α,β-unsaturated/α-hetero) is 1. The minimum Gasteiger partial charge on any atom is -0.384 e. The lowest BCUT2D eigenvalue weighted by Crippen LogP contribution is -2.40. The van der Waals surface area contributed by atoms with Crippen molar-refractivity contribution in [1.29, 1.82) is 0 Å². The van der Waals surface area contributed by atoms with Crippen molar-refractivity contribution in [2.45, 2.75) is 32.1 Å². The van der Waals surface area contributed by atoms with Gasteiger partial charge in [-0.1, -0.05) is 12.1 Å². The second-order valence-corrected chi connectivity index (χ2v) is 6.82. The minimum absolute atomic E-state index is 0.0793. The first-order chi connectivity index (χ1) is 11.6. The highest BCUT2D eigenvalue weighted by molar-refractivity contribution is 6.18. The molecule has 1 heterocycles. The van der Waals surface area contributed by atoms with Gasteiger partial charge in [0.15, 0.2) is 5.78 Å². The SMILES string of the molecule is O=C1CCC(CCC2Cc3c(NCCCl)cccc3C2=O)C(=O)N1. The lowest BCUT2D eigenvalue weighted by molar-refractivity contribution is -0.136. The van der Waals surface area contributed by atoms with E-state index in [1.165, 1.54) is 0 Å². The molecule has 3 rings (SSSR count). The normalized spacial score (nSPS) is 23.1. The average molecular weight is 349 g/mol. The Morgan fingerprint density at radius 3 is 2.71 bits per heavy atom. The fourth-order valence-electron chi connectivity index (χ4n) is 3.59. The van der Waals surface area contributed by atoms with Gasteiger partial charge in [0, 0.05) is 41.9 Å². The molecule has 2 amide bonds. The number of halogens is 1. The van der Waals surface area contributed by atoms with Gasteiger partial charge in [-0.2, -0.15) is 0 Å². The number of benzene rings is 1. The van der Waals surface area contributed by atoms with Crippen LogP contribution >= 0.6 is 11.6 Å². The Bertz CT molecular complexity index is 674. The van der Waals surface area contributed by atoms with E-state index in [1.807, 2.05) is 18.2 Å². The summed E-state index contributed by atoms with van der Waals surface area (Å²) in [4.78, 5) is 35.7. The smallest absolute Gasteiger partial charge is 0.229 e. The van der Waals surface area contributed by atoms with Crippen molar-refractivity contribution in [2.24, 2.45) is 11.8 Å². The van der Waals surface area contributed by atoms with E-state index in [4.69, 9.17) is 11.6 Å². The summed E-state index contributed by atoms with van der Waals surface area (Å²) in [6.45, 7) is 0.660. The molecule has 6 heteroatoms. The van der Waals surface area contributed by atoms with Crippen LogP contribution in [-0.4, -0.2) is 30.0 Å². The van der Waals surface area contributed by atoms with Crippen LogP contribution in [-0.2, 0) is 16.0 Å². The third-order valence-electron chi connectivity index (χ3n) is 4.89. The summed E-state index contributed by atoms with van der Waals surface area (Å²) >= 11 is 5.73. The molecule has 0 radical (unpaired) electrons. The summed E-state index contributed by atoms with van der Waals surface area (Å²) in [7, 11) is 0. The predicted octanol–water partition coefficient (Wildman–Crippen LogP) is 2.53. The van der Waals surface area contributed by atoms with E-state index in [2.05, 4.69) is 10.6 Å². The lowest BCUT2D eigenvalue weighted by Gasteiger charge is -2.21. The number of carbonyl (C=O) groups excluding carboxylic acids is 3. The zero-order chi connectivity index (χ0) is 17.1. The molecule has 2 atom stereocenters. The molecule has 5 nitrogen and oxygen atoms in total. The number of nitrogens with one attached hydrogen (secondary N) is 2. The number of alkyl halides is 1. The maximum Gasteiger partial charge on any atom is 0.229 e. The molecule has 2 aliphatic rings. The molecule has 2 N–H and O–H groups in total. The van der Waals surface area contributed by atoms with Gasteiger partial charge >= 0.3 is 0 Å². The van der Waals surface area contributed by atoms with Gasteiger partial charge in [0.05, 0.1) is 0 Å². The van der Waals surface area contributed by atoms with Crippen molar-refractivity contribution < 1.29 is 14.4 Å². The number of anilines is 1. The molecule has 1 saturated heterocycles. The van der Waals surface area contributed by atoms with Crippen LogP contribution < -0.4 is 10.6 Å². The zero-order valence-electron chi connectivity index (χ0n) is 13.4. The van der Waals surface area contributed by atoms with Crippen LogP contribution in [0.4, 0.5) is 5.69 Å². The summed E-state index contributed by atoms with van der Waals surface area (Å²) in [6, 6.07) is 5.73. The molecule has 0 saturated carbocycles. The van der Waals surface area contributed by atoms with Crippen LogP contribution in [0.2, 0.25) is 0 Å². The Morgan fingerprint density at radius 2 is 1.96 bits per heavy atom. The van der Waals surface area contributed by atoms with E-state index in [9.17, 15) is 14.4 Å². The average Bonchev–Trinajstić information content (AvgIpc) is 2.89. The third kappa shape index (κ3) is 3.46. The number of fused-ring (bicyclic) bond motifs is 1. The molecule has 1 fully saturated rings. The fraction of sp³-hybridized carbons (Fsp3) is 0.500. The second-order valence-electron chi connectivity index (χ2n) is 6.44. The molecule has 1 aromatic carbocycles. The van der Waals surface area contributed by atoms with Crippen molar-refractivity contribution in [3.8, 4) is 0 Å². The minimum atomic E-state index is -0.199. The highest BCUT2D eigenvalue weighted by Gasteiger charge is 2.34. The fourth-order valence-corrected chi connectivity index (χ4v) is 3.69. The predicted molar refractivity (Wildman–Crippen MR) is 92.3 cm³/mol. The number of hydrogen-bond donors (Lipinski definition) is 2. The Hall–Kier alpha value is -1.88. The van der Waals surface area contributed by atoms with Gasteiger partial charge in [0.1, 0.15) is 0 Å². The maximum absolute atomic E-state index is 12.6. The van der Waals surface area contributed by atoms with E-state index in [0.29, 0.717) is 44.5 Å². The number of imide groups is 1. The third-order valence-corrected chi connectivity index (χ3v) is 5.08. The molecule has 1 aliphatic heterocycles. The Labute approximate surface area is 146 Å². The van der Waals surface area contributed by atoms with Crippen LogP contribution in [0.25, 0.3) is 0 Å². The van der Waals surface area contributed by atoms with Crippen LogP contribution in [0, 0.1) is 11.8 Å². The van der Waals surface area contributed by atoms with E-state index in [0.717, 1.165) is 16.8 Å². The van der Waals surface area contributed by atoms with Gasteiger partial charge < -0.3 is 5.32 Å². The number of ketones is 1. The molecule has 0 bridgehead atoms. The van der Waals surface area contributed by atoms with Crippen molar-refractivity contribution in [3.05, 3.63) is 29.3 Å². The van der Waals surface area contributed by atoms with E-state index in [1.54, 1.807) is 0 Å². The molecule has 1 aromatic rings. The number of amides is 2. The Kier molecular flexibility index (Phi) is 5.19. The Balaban J connectivity index is 1.63. The molecule has 24 heavy (non-hydrogen) atoms. The molecule has 0 aromatic heterocycles. The van der Waals surface area contributed by atoms with Crippen molar-refractivity contribution in [3.63, 3.8) is 0 Å². The number of hydrogen-bond acceptors (Lipinski definition) is 4. The Morgan fingerprint density at radius 1 is 1.17 bits per heavy atom. The van der Waals surface area contributed by atoms with Gasteiger partial charge in [-0.05, 0) is 37.3 Å². The molecular formula is C18H21ClN2O3. The van der Waals surface area contributed by atoms with E-state index >= 15 is 0 Å². The van der Waals surface area contributed by atoms with Gasteiger partial charge in [0.25, 0.3) is 0 Å². The summed E-state index contributed by atoms with van der Waals surface area (Å²) in [6.07, 6.45) is 3.00. The summed E-state index contributed by atoms with van der Waals surface area (Å²) < 4.78 is 0. The number of piperidine rings is 1. The monoisotopic (exact) mass is 348 g/mol.